The number of carbonyl (C=O) groups is 2. The molecule has 1 aliphatic heterocycles. The molecule has 0 radical (unpaired) electrons. The molecule has 4 rings (SSSR count). The van der Waals surface area contributed by atoms with Crippen molar-refractivity contribution in [2.75, 3.05) is 16.8 Å². The van der Waals surface area contributed by atoms with Crippen LogP contribution in [0.1, 0.15) is 38.3 Å². The van der Waals surface area contributed by atoms with Crippen LogP contribution in [0.25, 0.3) is 0 Å². The molecule has 176 valence electrons. The van der Waals surface area contributed by atoms with Crippen LogP contribution < -0.4 is 15.0 Å². The number of hydrogen-bond acceptors (Lipinski definition) is 3. The second-order valence-electron chi connectivity index (χ2n) is 9.73. The molecule has 3 aromatic rings. The van der Waals surface area contributed by atoms with Gasteiger partial charge < -0.3 is 15.0 Å². The second kappa shape index (κ2) is 9.51. The van der Waals surface area contributed by atoms with Gasteiger partial charge in [-0.25, -0.2) is 0 Å². The Balaban J connectivity index is 1.35. The van der Waals surface area contributed by atoms with E-state index in [0.29, 0.717) is 28.7 Å². The highest BCUT2D eigenvalue weighted by atomic mass is 35.5. The Labute approximate surface area is 205 Å². The van der Waals surface area contributed by atoms with E-state index in [4.69, 9.17) is 16.3 Å². The van der Waals surface area contributed by atoms with Gasteiger partial charge in [-0.1, -0.05) is 50.6 Å². The molecule has 1 fully saturated rings. The first kappa shape index (κ1) is 23.8. The maximum absolute atomic E-state index is 12.8. The summed E-state index contributed by atoms with van der Waals surface area (Å²) in [7, 11) is 0. The minimum absolute atomic E-state index is 0.0821. The van der Waals surface area contributed by atoms with Gasteiger partial charge in [-0.3, -0.25) is 9.59 Å². The number of rotatable bonds is 5. The van der Waals surface area contributed by atoms with Crippen molar-refractivity contribution in [3.8, 4) is 11.5 Å². The van der Waals surface area contributed by atoms with E-state index in [-0.39, 0.29) is 23.7 Å². The number of hydrogen-bond donors (Lipinski definition) is 1. The lowest BCUT2D eigenvalue weighted by Crippen LogP contribution is -2.28. The van der Waals surface area contributed by atoms with Gasteiger partial charge in [0.1, 0.15) is 11.5 Å². The summed E-state index contributed by atoms with van der Waals surface area (Å²) >= 11 is 6.21. The van der Waals surface area contributed by atoms with Crippen LogP contribution in [0.3, 0.4) is 0 Å². The fourth-order valence-corrected chi connectivity index (χ4v) is 4.07. The molecule has 2 amide bonds. The standard InChI is InChI=1S/C28H29ClN2O3/c1-18-5-10-22(16-25(18)29)31-17-19(15-26(31)32)27(33)30-21-8-13-24(14-9-21)34-23-11-6-20(7-12-23)28(2,3)4/h5-14,16,19H,15,17H2,1-4H3,(H,30,33)/t19-/m1/s1. The van der Waals surface area contributed by atoms with Gasteiger partial charge >= 0.3 is 0 Å². The van der Waals surface area contributed by atoms with Crippen molar-refractivity contribution in [2.24, 2.45) is 5.92 Å². The predicted octanol–water partition coefficient (Wildman–Crippen LogP) is 6.73. The number of nitrogens with zero attached hydrogens (tertiary/aromatic N) is 1. The zero-order valence-corrected chi connectivity index (χ0v) is 20.6. The monoisotopic (exact) mass is 476 g/mol. The van der Waals surface area contributed by atoms with Crippen molar-refractivity contribution < 1.29 is 14.3 Å². The number of ether oxygens (including phenoxy) is 1. The first-order valence-electron chi connectivity index (χ1n) is 11.4. The molecule has 1 aliphatic rings. The Bertz CT molecular complexity index is 1200. The molecule has 0 spiro atoms. The van der Waals surface area contributed by atoms with Crippen LogP contribution in [0.15, 0.2) is 66.7 Å². The zero-order valence-electron chi connectivity index (χ0n) is 19.9. The molecule has 0 unspecified atom stereocenters. The van der Waals surface area contributed by atoms with Crippen LogP contribution >= 0.6 is 11.6 Å². The molecule has 5 nitrogen and oxygen atoms in total. The van der Waals surface area contributed by atoms with Gasteiger partial charge in [0.05, 0.1) is 5.92 Å². The first-order chi connectivity index (χ1) is 16.1. The molecule has 1 N–H and O–H groups in total. The van der Waals surface area contributed by atoms with Gasteiger partial charge in [0.25, 0.3) is 0 Å². The van der Waals surface area contributed by atoms with Gasteiger partial charge in [-0.2, -0.15) is 0 Å². The summed E-state index contributed by atoms with van der Waals surface area (Å²) in [6.45, 7) is 8.76. The predicted molar refractivity (Wildman–Crippen MR) is 137 cm³/mol. The zero-order chi connectivity index (χ0) is 24.5. The van der Waals surface area contributed by atoms with Crippen molar-refractivity contribution in [2.45, 2.75) is 39.5 Å². The fraction of sp³-hybridized carbons (Fsp3) is 0.286. The van der Waals surface area contributed by atoms with E-state index in [2.05, 4.69) is 38.2 Å². The maximum Gasteiger partial charge on any atom is 0.229 e. The van der Waals surface area contributed by atoms with Gasteiger partial charge in [0.15, 0.2) is 0 Å². The quantitative estimate of drug-likeness (QED) is 0.444. The highest BCUT2D eigenvalue weighted by molar-refractivity contribution is 6.31. The Hall–Kier alpha value is -3.31. The van der Waals surface area contributed by atoms with Crippen molar-refractivity contribution in [3.05, 3.63) is 82.9 Å². The molecule has 0 aliphatic carbocycles. The van der Waals surface area contributed by atoms with Crippen LogP contribution in [0, 0.1) is 12.8 Å². The van der Waals surface area contributed by atoms with E-state index in [1.54, 1.807) is 23.1 Å². The SMILES string of the molecule is Cc1ccc(N2C[C@H](C(=O)Nc3ccc(Oc4ccc(C(C)(C)C)cc4)cc3)CC2=O)cc1Cl. The van der Waals surface area contributed by atoms with Crippen LogP contribution in [-0.4, -0.2) is 18.4 Å². The number of amides is 2. The third-order valence-corrected chi connectivity index (χ3v) is 6.45. The molecule has 0 bridgehead atoms. The highest BCUT2D eigenvalue weighted by Crippen LogP contribution is 2.30. The molecule has 0 saturated carbocycles. The van der Waals surface area contributed by atoms with E-state index in [0.717, 1.165) is 11.3 Å². The van der Waals surface area contributed by atoms with Crippen molar-refractivity contribution in [3.63, 3.8) is 0 Å². The third-order valence-electron chi connectivity index (χ3n) is 6.04. The Morgan fingerprint density at radius 1 is 1.00 bits per heavy atom. The smallest absolute Gasteiger partial charge is 0.229 e. The first-order valence-corrected chi connectivity index (χ1v) is 11.7. The Kier molecular flexibility index (Phi) is 6.67. The number of benzene rings is 3. The van der Waals surface area contributed by atoms with E-state index in [1.807, 2.05) is 43.3 Å². The molecule has 1 heterocycles. The van der Waals surface area contributed by atoms with Crippen LogP contribution in [0.2, 0.25) is 5.02 Å². The Morgan fingerprint density at radius 2 is 1.62 bits per heavy atom. The van der Waals surface area contributed by atoms with E-state index in [9.17, 15) is 9.59 Å². The summed E-state index contributed by atoms with van der Waals surface area (Å²) in [5, 5.41) is 3.52. The summed E-state index contributed by atoms with van der Waals surface area (Å²) in [6.07, 6.45) is 0.170. The largest absolute Gasteiger partial charge is 0.457 e. The van der Waals surface area contributed by atoms with Crippen molar-refractivity contribution in [1.29, 1.82) is 0 Å². The maximum atomic E-state index is 12.8. The lowest BCUT2D eigenvalue weighted by Gasteiger charge is -2.19. The molecule has 6 heteroatoms. The van der Waals surface area contributed by atoms with Gasteiger partial charge in [0.2, 0.25) is 11.8 Å². The molecule has 1 saturated heterocycles. The van der Waals surface area contributed by atoms with Gasteiger partial charge in [0, 0.05) is 29.4 Å². The van der Waals surface area contributed by atoms with E-state index in [1.165, 1.54) is 5.56 Å². The minimum Gasteiger partial charge on any atom is -0.457 e. The number of nitrogens with one attached hydrogen (secondary N) is 1. The molecule has 1 atom stereocenters. The number of aryl methyl sites for hydroxylation is 1. The highest BCUT2D eigenvalue weighted by Gasteiger charge is 2.35. The van der Waals surface area contributed by atoms with Gasteiger partial charge in [-0.05, 0) is 72.0 Å². The molecule has 3 aromatic carbocycles. The second-order valence-corrected chi connectivity index (χ2v) is 10.1. The lowest BCUT2D eigenvalue weighted by molar-refractivity contribution is -0.122. The van der Waals surface area contributed by atoms with Gasteiger partial charge in [-0.15, -0.1) is 0 Å². The fourth-order valence-electron chi connectivity index (χ4n) is 3.89. The summed E-state index contributed by atoms with van der Waals surface area (Å²) in [5.41, 5.74) is 3.65. The topological polar surface area (TPSA) is 58.6 Å². The molecular weight excluding hydrogens is 448 g/mol. The van der Waals surface area contributed by atoms with Crippen molar-refractivity contribution >= 4 is 34.8 Å². The van der Waals surface area contributed by atoms with Crippen LogP contribution in [0.5, 0.6) is 11.5 Å². The van der Waals surface area contributed by atoms with E-state index >= 15 is 0 Å². The summed E-state index contributed by atoms with van der Waals surface area (Å²) < 4.78 is 5.93. The average Bonchev–Trinajstić information content (AvgIpc) is 3.18. The number of halogens is 1. The normalized spacial score (nSPS) is 16.0. The summed E-state index contributed by atoms with van der Waals surface area (Å²) in [6, 6.07) is 20.8. The van der Waals surface area contributed by atoms with E-state index < -0.39 is 5.92 Å². The number of anilines is 2. The molecule has 34 heavy (non-hydrogen) atoms. The lowest BCUT2D eigenvalue weighted by atomic mass is 9.87. The molecule has 0 aromatic heterocycles. The summed E-state index contributed by atoms with van der Waals surface area (Å²) in [4.78, 5) is 26.9. The minimum atomic E-state index is -0.426. The molecular formula is C28H29ClN2O3. The number of carbonyl (C=O) groups excluding carboxylic acids is 2. The third kappa shape index (κ3) is 5.42. The van der Waals surface area contributed by atoms with Crippen molar-refractivity contribution in [1.82, 2.24) is 0 Å². The summed E-state index contributed by atoms with van der Waals surface area (Å²) in [5.74, 6) is 0.747. The Morgan fingerprint density at radius 3 is 2.21 bits per heavy atom. The van der Waals surface area contributed by atoms with Crippen LogP contribution in [0.4, 0.5) is 11.4 Å². The van der Waals surface area contributed by atoms with Crippen LogP contribution in [-0.2, 0) is 15.0 Å². The average molecular weight is 477 g/mol.